The molecule has 10 nitrogen and oxygen atoms in total. The average Bonchev–Trinajstić information content (AvgIpc) is 2.70. The molecule has 0 aliphatic carbocycles. The van der Waals surface area contributed by atoms with E-state index in [1.165, 1.54) is 35.4 Å². The number of hydrogen-bond donors (Lipinski definition) is 1. The normalized spacial score (nSPS) is 11.2. The second-order valence-electron chi connectivity index (χ2n) is 7.04. The van der Waals surface area contributed by atoms with Crippen LogP contribution in [0, 0.1) is 6.92 Å². The minimum Gasteiger partial charge on any atom is -0.466 e. The Morgan fingerprint density at radius 1 is 1.16 bits per heavy atom. The fourth-order valence-corrected chi connectivity index (χ4v) is 3.35. The van der Waals surface area contributed by atoms with E-state index in [1.54, 1.807) is 40.1 Å². The first-order valence-electron chi connectivity index (χ1n) is 9.81. The van der Waals surface area contributed by atoms with Gasteiger partial charge in [-0.2, -0.15) is 0 Å². The molecular formula is C21H30N4O6S. The Morgan fingerprint density at radius 2 is 1.84 bits per heavy atom. The average molecular weight is 467 g/mol. The maximum atomic E-state index is 11.9. The number of pyridine rings is 1. The second kappa shape index (κ2) is 13.4. The van der Waals surface area contributed by atoms with Crippen LogP contribution in [0.1, 0.15) is 38.4 Å². The van der Waals surface area contributed by atoms with Gasteiger partial charge in [-0.15, -0.1) is 0 Å². The molecular weight excluding hydrogens is 436 g/mol. The number of allylic oxidation sites excluding steroid dienone is 1. The highest BCUT2D eigenvalue weighted by Crippen LogP contribution is 2.27. The van der Waals surface area contributed by atoms with Crippen molar-refractivity contribution in [3.05, 3.63) is 34.0 Å². The van der Waals surface area contributed by atoms with Crippen LogP contribution in [0.2, 0.25) is 0 Å². The highest BCUT2D eigenvalue weighted by atomic mass is 32.2. The smallest absolute Gasteiger partial charge is 0.410 e. The summed E-state index contributed by atoms with van der Waals surface area (Å²) >= 11 is 1.23. The molecule has 0 unspecified atom stereocenters. The lowest BCUT2D eigenvalue weighted by Gasteiger charge is -2.23. The summed E-state index contributed by atoms with van der Waals surface area (Å²) in [6.45, 7) is 6.53. The van der Waals surface area contributed by atoms with E-state index >= 15 is 0 Å². The molecule has 0 aliphatic heterocycles. The van der Waals surface area contributed by atoms with Gasteiger partial charge in [0.2, 0.25) is 12.3 Å². The van der Waals surface area contributed by atoms with Crippen molar-refractivity contribution in [3.63, 3.8) is 0 Å². The fourth-order valence-electron chi connectivity index (χ4n) is 2.49. The van der Waals surface area contributed by atoms with E-state index in [1.807, 2.05) is 0 Å². The number of hydrogen-bond acceptors (Lipinski definition) is 8. The zero-order chi connectivity index (χ0) is 24.3. The van der Waals surface area contributed by atoms with Gasteiger partial charge in [-0.05, 0) is 19.9 Å². The number of aromatic nitrogens is 1. The van der Waals surface area contributed by atoms with Gasteiger partial charge in [0.05, 0.1) is 13.2 Å². The van der Waals surface area contributed by atoms with Gasteiger partial charge in [0, 0.05) is 56.2 Å². The molecule has 1 N–H and O–H groups in total. The van der Waals surface area contributed by atoms with Gasteiger partial charge in [0.1, 0.15) is 11.8 Å². The second-order valence-corrected chi connectivity index (χ2v) is 8.06. The lowest BCUT2D eigenvalue weighted by atomic mass is 10.2. The summed E-state index contributed by atoms with van der Waals surface area (Å²) < 4.78 is 10.2. The number of aryl methyl sites for hydroxylation is 1. The van der Waals surface area contributed by atoms with Gasteiger partial charge < -0.3 is 24.6 Å². The number of carbonyl (C=O) groups is 4. The number of carbonyl (C=O) groups excluding carboxylic acids is 4. The molecule has 0 aromatic carbocycles. The molecule has 1 heterocycles. The van der Waals surface area contributed by atoms with E-state index in [9.17, 15) is 19.2 Å². The Kier molecular flexibility index (Phi) is 11.3. The Morgan fingerprint density at radius 3 is 2.41 bits per heavy atom. The van der Waals surface area contributed by atoms with Crippen LogP contribution in [0.3, 0.4) is 0 Å². The monoisotopic (exact) mass is 466 g/mol. The number of nitrogens with one attached hydrogen (secondary N) is 1. The van der Waals surface area contributed by atoms with E-state index in [2.05, 4.69) is 10.3 Å². The van der Waals surface area contributed by atoms with Crippen LogP contribution in [-0.4, -0.2) is 65.8 Å². The molecule has 1 rings (SSSR count). The molecule has 1 aromatic rings. The molecule has 3 amide bonds. The van der Waals surface area contributed by atoms with E-state index in [4.69, 9.17) is 9.47 Å². The van der Waals surface area contributed by atoms with Crippen molar-refractivity contribution in [2.75, 3.05) is 32.0 Å². The van der Waals surface area contributed by atoms with Crippen LogP contribution in [0.4, 0.5) is 10.6 Å². The molecule has 0 bridgehead atoms. The summed E-state index contributed by atoms with van der Waals surface area (Å²) in [7, 11) is 3.15. The van der Waals surface area contributed by atoms with Gasteiger partial charge in [0.15, 0.2) is 0 Å². The number of nitrogens with zero attached hydrogens (tertiary/aromatic N) is 3. The molecule has 0 radical (unpaired) electrons. The Labute approximate surface area is 192 Å². The number of ether oxygens (including phenoxy) is 2. The summed E-state index contributed by atoms with van der Waals surface area (Å²) in [4.78, 5) is 54.1. The van der Waals surface area contributed by atoms with Gasteiger partial charge in [-0.1, -0.05) is 17.8 Å². The molecule has 0 spiro atoms. The topological polar surface area (TPSA) is 118 Å². The molecule has 0 fully saturated rings. The predicted molar refractivity (Wildman–Crippen MR) is 121 cm³/mol. The zero-order valence-corrected chi connectivity index (χ0v) is 20.1. The van der Waals surface area contributed by atoms with Gasteiger partial charge >= 0.3 is 12.1 Å². The van der Waals surface area contributed by atoms with Crippen LogP contribution in [0.5, 0.6) is 0 Å². The first kappa shape index (κ1) is 27.0. The maximum Gasteiger partial charge on any atom is 0.410 e. The van der Waals surface area contributed by atoms with Crippen molar-refractivity contribution in [1.29, 1.82) is 0 Å². The third kappa shape index (κ3) is 9.38. The van der Waals surface area contributed by atoms with Crippen LogP contribution in [0.15, 0.2) is 22.7 Å². The first-order valence-corrected chi connectivity index (χ1v) is 10.8. The Hall–Kier alpha value is -3.08. The lowest BCUT2D eigenvalue weighted by molar-refractivity contribution is -0.140. The molecule has 0 saturated heterocycles. The summed E-state index contributed by atoms with van der Waals surface area (Å²) in [6.07, 6.45) is 0.516. The first-order chi connectivity index (χ1) is 15.0. The quantitative estimate of drug-likeness (QED) is 0.300. The zero-order valence-electron chi connectivity index (χ0n) is 19.3. The van der Waals surface area contributed by atoms with Crippen LogP contribution in [0.25, 0.3) is 0 Å². The van der Waals surface area contributed by atoms with E-state index < -0.39 is 12.1 Å². The van der Waals surface area contributed by atoms with Crippen molar-refractivity contribution in [1.82, 2.24) is 14.8 Å². The number of rotatable bonds is 11. The number of thioether (sulfide) groups is 1. The van der Waals surface area contributed by atoms with Crippen molar-refractivity contribution in [2.24, 2.45) is 0 Å². The SMILES string of the molecule is CC(=O)Nc1nc(C)ccc1CN(C=O)C(C)=C(CCOC(C)=O)SCOC(=O)N(C)C. The highest BCUT2D eigenvalue weighted by molar-refractivity contribution is 8.02. The molecule has 0 atom stereocenters. The van der Waals surface area contributed by atoms with Crippen LogP contribution in [-0.2, 0) is 30.4 Å². The van der Waals surface area contributed by atoms with Crippen LogP contribution >= 0.6 is 11.8 Å². The molecule has 32 heavy (non-hydrogen) atoms. The number of amides is 3. The third-order valence-electron chi connectivity index (χ3n) is 4.13. The summed E-state index contributed by atoms with van der Waals surface area (Å²) in [5.74, 6) is -0.274. The van der Waals surface area contributed by atoms with E-state index in [0.717, 1.165) is 5.69 Å². The van der Waals surface area contributed by atoms with Crippen molar-refractivity contribution in [3.8, 4) is 0 Å². The molecule has 11 heteroatoms. The van der Waals surface area contributed by atoms with Crippen molar-refractivity contribution < 1.29 is 28.7 Å². The Balaban J connectivity index is 3.11. The molecule has 0 aliphatic rings. The minimum atomic E-state index is -0.493. The lowest BCUT2D eigenvalue weighted by Crippen LogP contribution is -2.23. The summed E-state index contributed by atoms with van der Waals surface area (Å²) in [5, 5.41) is 2.68. The largest absolute Gasteiger partial charge is 0.466 e. The summed E-state index contributed by atoms with van der Waals surface area (Å²) in [6, 6.07) is 3.58. The van der Waals surface area contributed by atoms with Gasteiger partial charge in [-0.25, -0.2) is 9.78 Å². The maximum absolute atomic E-state index is 11.9. The van der Waals surface area contributed by atoms with Gasteiger partial charge in [-0.3, -0.25) is 14.4 Å². The third-order valence-corrected chi connectivity index (χ3v) is 5.21. The van der Waals surface area contributed by atoms with Crippen molar-refractivity contribution >= 4 is 42.0 Å². The highest BCUT2D eigenvalue weighted by Gasteiger charge is 2.16. The molecule has 176 valence electrons. The standard InChI is InChI=1S/C21H30N4O6S/c1-14-7-8-18(20(22-14)23-16(3)27)11-25(12-26)15(2)19(9-10-30-17(4)28)32-13-31-21(29)24(5)6/h7-8,12H,9-11,13H2,1-6H3,(H,22,23,27). The fraction of sp³-hybridized carbons (Fsp3) is 0.476. The summed E-state index contributed by atoms with van der Waals surface area (Å²) in [5.41, 5.74) is 1.98. The molecule has 1 aromatic heterocycles. The van der Waals surface area contributed by atoms with Gasteiger partial charge in [0.25, 0.3) is 0 Å². The predicted octanol–water partition coefficient (Wildman–Crippen LogP) is 2.88. The van der Waals surface area contributed by atoms with E-state index in [-0.39, 0.29) is 25.0 Å². The van der Waals surface area contributed by atoms with Crippen molar-refractivity contribution in [2.45, 2.75) is 40.7 Å². The minimum absolute atomic E-state index is 0.0275. The van der Waals surface area contributed by atoms with Crippen LogP contribution < -0.4 is 5.32 Å². The van der Waals surface area contributed by atoms with E-state index in [0.29, 0.717) is 34.8 Å². The molecule has 0 saturated carbocycles. The number of anilines is 1. The number of esters is 1. The Bertz CT molecular complexity index is 872.